The molecule has 0 amide bonds. The van der Waals surface area contributed by atoms with Crippen LogP contribution < -0.4 is 15.5 Å². The summed E-state index contributed by atoms with van der Waals surface area (Å²) in [5.41, 5.74) is 5.36. The number of piperidine rings is 1. The molecule has 2 unspecified atom stereocenters. The number of likely N-dealkylation sites (N-methyl/N-ethyl adjacent to an activating group) is 1. The fourth-order valence-corrected chi connectivity index (χ4v) is 7.78. The molecule has 3 aliphatic rings. The summed E-state index contributed by atoms with van der Waals surface area (Å²) < 4.78 is 1.87. The molecule has 1 aliphatic carbocycles. The topological polar surface area (TPSA) is 89.7 Å². The van der Waals surface area contributed by atoms with E-state index in [0.717, 1.165) is 88.9 Å². The third kappa shape index (κ3) is 5.48. The molecule has 6 heterocycles. The highest BCUT2D eigenvalue weighted by Gasteiger charge is 2.43. The SMILES string of the molecule is C#Cc1cnn2c(-c3cc(NC(C)C)c(-c4nnc(N5CC6CCC(C5)C6NC(=C)N5CCN(C)CC5)s4)cn3)ccc2c1. The van der Waals surface area contributed by atoms with Gasteiger partial charge >= 0.3 is 0 Å². The fourth-order valence-electron chi connectivity index (χ4n) is 6.89. The zero-order valence-electron chi connectivity index (χ0n) is 25.7. The van der Waals surface area contributed by atoms with Crippen LogP contribution >= 0.6 is 11.3 Å². The summed E-state index contributed by atoms with van der Waals surface area (Å²) in [4.78, 5) is 12.1. The Kier molecular flexibility index (Phi) is 7.64. The average Bonchev–Trinajstić information content (AvgIpc) is 3.73. The van der Waals surface area contributed by atoms with Crippen molar-refractivity contribution in [3.05, 3.63) is 54.6 Å². The number of nitrogens with one attached hydrogen (secondary N) is 2. The highest BCUT2D eigenvalue weighted by Crippen LogP contribution is 2.42. The van der Waals surface area contributed by atoms with Crippen molar-refractivity contribution in [2.45, 2.75) is 38.8 Å². The molecular weight excluding hydrogens is 569 g/mol. The molecule has 1 saturated carbocycles. The Morgan fingerprint density at radius 3 is 2.57 bits per heavy atom. The van der Waals surface area contributed by atoms with Gasteiger partial charge in [0.1, 0.15) is 0 Å². The molecule has 7 rings (SSSR count). The Hall–Kier alpha value is -4.14. The van der Waals surface area contributed by atoms with Crippen molar-refractivity contribution >= 4 is 27.7 Å². The Morgan fingerprint density at radius 1 is 1.07 bits per heavy atom. The second-order valence-electron chi connectivity index (χ2n) is 12.7. The van der Waals surface area contributed by atoms with Crippen molar-refractivity contribution in [3.63, 3.8) is 0 Å². The molecule has 44 heavy (non-hydrogen) atoms. The quantitative estimate of drug-likeness (QED) is 0.285. The molecule has 0 aromatic carbocycles. The summed E-state index contributed by atoms with van der Waals surface area (Å²) in [5.74, 6) is 4.90. The number of fused-ring (bicyclic) bond motifs is 3. The number of rotatable bonds is 8. The van der Waals surface area contributed by atoms with Gasteiger partial charge in [-0.05, 0) is 69.8 Å². The number of aromatic nitrogens is 5. The molecule has 11 heteroatoms. The van der Waals surface area contributed by atoms with E-state index in [1.807, 2.05) is 28.9 Å². The zero-order chi connectivity index (χ0) is 30.4. The Labute approximate surface area is 263 Å². The molecule has 2 aliphatic heterocycles. The predicted molar refractivity (Wildman–Crippen MR) is 178 cm³/mol. The van der Waals surface area contributed by atoms with Crippen LogP contribution in [0.25, 0.3) is 27.5 Å². The summed E-state index contributed by atoms with van der Waals surface area (Å²) in [7, 11) is 2.19. The number of anilines is 2. The molecule has 4 aromatic rings. The number of pyridine rings is 1. The molecular formula is C33H40N10S. The van der Waals surface area contributed by atoms with Gasteiger partial charge < -0.3 is 25.3 Å². The molecule has 228 valence electrons. The lowest BCUT2D eigenvalue weighted by Gasteiger charge is -2.42. The van der Waals surface area contributed by atoms with Crippen molar-refractivity contribution in [3.8, 4) is 34.3 Å². The van der Waals surface area contributed by atoms with Crippen molar-refractivity contribution in [2.75, 3.05) is 56.5 Å². The van der Waals surface area contributed by atoms with E-state index in [0.29, 0.717) is 17.9 Å². The number of hydrogen-bond donors (Lipinski definition) is 2. The van der Waals surface area contributed by atoms with Crippen molar-refractivity contribution in [1.29, 1.82) is 0 Å². The minimum Gasteiger partial charge on any atom is -0.382 e. The van der Waals surface area contributed by atoms with E-state index in [2.05, 4.69) is 80.1 Å². The summed E-state index contributed by atoms with van der Waals surface area (Å²) in [5, 5.41) is 23.2. The lowest BCUT2D eigenvalue weighted by Crippen LogP contribution is -2.54. The van der Waals surface area contributed by atoms with Gasteiger partial charge in [-0.1, -0.05) is 23.8 Å². The number of hydrogen-bond acceptors (Lipinski definition) is 10. The van der Waals surface area contributed by atoms with Crippen LogP contribution in [0.4, 0.5) is 10.8 Å². The second kappa shape index (κ2) is 11.7. The maximum atomic E-state index is 5.57. The lowest BCUT2D eigenvalue weighted by atomic mass is 9.92. The van der Waals surface area contributed by atoms with Crippen molar-refractivity contribution < 1.29 is 0 Å². The Balaban J connectivity index is 1.09. The van der Waals surface area contributed by atoms with Crippen LogP contribution in [0.5, 0.6) is 0 Å². The van der Waals surface area contributed by atoms with Gasteiger partial charge in [0.25, 0.3) is 0 Å². The van der Waals surface area contributed by atoms with Gasteiger partial charge in [0.2, 0.25) is 5.13 Å². The molecule has 2 atom stereocenters. The van der Waals surface area contributed by atoms with Crippen LogP contribution in [-0.4, -0.2) is 93.0 Å². The van der Waals surface area contributed by atoms with Crippen LogP contribution in [0.3, 0.4) is 0 Å². The Bertz CT molecular complexity index is 1690. The fraction of sp³-hybridized carbons (Fsp3) is 0.455. The van der Waals surface area contributed by atoms with Crippen LogP contribution in [0.15, 0.2) is 49.1 Å². The van der Waals surface area contributed by atoms with Gasteiger partial charge in [-0.2, -0.15) is 5.10 Å². The Morgan fingerprint density at radius 2 is 1.84 bits per heavy atom. The number of terminal acetylenes is 1. The molecule has 2 saturated heterocycles. The molecule has 4 aromatic heterocycles. The van der Waals surface area contributed by atoms with Crippen molar-refractivity contribution in [2.24, 2.45) is 11.8 Å². The van der Waals surface area contributed by atoms with E-state index >= 15 is 0 Å². The van der Waals surface area contributed by atoms with E-state index in [1.165, 1.54) is 12.8 Å². The minimum atomic E-state index is 0.236. The van der Waals surface area contributed by atoms with Gasteiger partial charge in [0.05, 0.1) is 34.5 Å². The lowest BCUT2D eigenvalue weighted by molar-refractivity contribution is 0.168. The van der Waals surface area contributed by atoms with Crippen LogP contribution in [0.2, 0.25) is 0 Å². The molecule has 0 spiro atoms. The van der Waals surface area contributed by atoms with E-state index in [9.17, 15) is 0 Å². The van der Waals surface area contributed by atoms with E-state index in [1.54, 1.807) is 17.5 Å². The van der Waals surface area contributed by atoms with Gasteiger partial charge in [-0.3, -0.25) is 4.98 Å². The molecule has 2 bridgehead atoms. The summed E-state index contributed by atoms with van der Waals surface area (Å²) in [6.07, 6.45) is 11.7. The monoisotopic (exact) mass is 608 g/mol. The van der Waals surface area contributed by atoms with E-state index in [-0.39, 0.29) is 6.04 Å². The van der Waals surface area contributed by atoms with E-state index in [4.69, 9.17) is 11.4 Å². The largest absolute Gasteiger partial charge is 0.382 e. The van der Waals surface area contributed by atoms with Gasteiger partial charge in [0, 0.05) is 68.8 Å². The first kappa shape index (κ1) is 28.6. The smallest absolute Gasteiger partial charge is 0.208 e. The van der Waals surface area contributed by atoms with Gasteiger partial charge in [0.15, 0.2) is 5.01 Å². The third-order valence-corrected chi connectivity index (χ3v) is 10.3. The predicted octanol–water partition coefficient (Wildman–Crippen LogP) is 4.24. The first-order valence-corrected chi connectivity index (χ1v) is 16.4. The van der Waals surface area contributed by atoms with E-state index < -0.39 is 0 Å². The third-order valence-electron chi connectivity index (χ3n) is 9.24. The summed E-state index contributed by atoms with van der Waals surface area (Å²) >= 11 is 1.65. The normalized spacial score (nSPS) is 22.0. The first-order chi connectivity index (χ1) is 21.4. The van der Waals surface area contributed by atoms with Gasteiger partial charge in [-0.25, -0.2) is 4.52 Å². The summed E-state index contributed by atoms with van der Waals surface area (Å²) in [6, 6.07) is 8.79. The van der Waals surface area contributed by atoms with Crippen LogP contribution in [0.1, 0.15) is 32.3 Å². The van der Waals surface area contributed by atoms with Crippen molar-refractivity contribution in [1.82, 2.24) is 39.9 Å². The number of nitrogens with zero attached hydrogens (tertiary/aromatic N) is 8. The van der Waals surface area contributed by atoms with Crippen LogP contribution in [-0.2, 0) is 0 Å². The standard InChI is InChI=1S/C33H40N10S/c1-6-23-15-26-9-10-30(43(26)35-17-23)29-16-28(36-21(2)3)27(18-34-29)32-38-39-33(44-32)42-19-24-7-8-25(20-42)31(24)37-22(4)41-13-11-40(5)12-14-41/h1,9-10,15-18,21,24-25,31,37H,4,7-8,11-14,19-20H2,2-3,5H3,(H,34,36). The highest BCUT2D eigenvalue weighted by atomic mass is 32.1. The average molecular weight is 609 g/mol. The maximum Gasteiger partial charge on any atom is 0.208 e. The molecule has 0 radical (unpaired) electrons. The highest BCUT2D eigenvalue weighted by molar-refractivity contribution is 7.18. The molecule has 3 fully saturated rings. The molecule has 2 N–H and O–H groups in total. The minimum absolute atomic E-state index is 0.236. The maximum absolute atomic E-state index is 5.57. The second-order valence-corrected chi connectivity index (χ2v) is 13.6. The first-order valence-electron chi connectivity index (χ1n) is 15.6. The molecule has 10 nitrogen and oxygen atoms in total. The van der Waals surface area contributed by atoms with Gasteiger partial charge in [-0.15, -0.1) is 16.6 Å². The zero-order valence-corrected chi connectivity index (χ0v) is 26.5. The van der Waals surface area contributed by atoms with Crippen LogP contribution in [0, 0.1) is 24.2 Å². The summed E-state index contributed by atoms with van der Waals surface area (Å²) in [6.45, 7) is 14.9. The number of piperazine rings is 1.